The van der Waals surface area contributed by atoms with Gasteiger partial charge in [0, 0.05) is 36.3 Å². The van der Waals surface area contributed by atoms with Crippen LogP contribution in [0, 0.1) is 0 Å². The summed E-state index contributed by atoms with van der Waals surface area (Å²) in [6.07, 6.45) is 9.17. The Morgan fingerprint density at radius 3 is 2.81 bits per heavy atom. The Morgan fingerprint density at radius 2 is 2.11 bits per heavy atom. The number of aromatic nitrogens is 3. The summed E-state index contributed by atoms with van der Waals surface area (Å²) in [5.74, 6) is 1.93. The zero-order chi connectivity index (χ0) is 19.0. The Bertz CT molecular complexity index is 700. The van der Waals surface area contributed by atoms with Crippen LogP contribution >= 0.6 is 11.3 Å². The van der Waals surface area contributed by atoms with Gasteiger partial charge < -0.3 is 15.2 Å². The van der Waals surface area contributed by atoms with Gasteiger partial charge in [-0.15, -0.1) is 21.5 Å². The van der Waals surface area contributed by atoms with Crippen LogP contribution in [0.3, 0.4) is 0 Å². The fourth-order valence-corrected chi connectivity index (χ4v) is 4.88. The first-order chi connectivity index (χ1) is 13.3. The highest BCUT2D eigenvalue weighted by molar-refractivity contribution is 7.10. The third kappa shape index (κ3) is 5.09. The summed E-state index contributed by atoms with van der Waals surface area (Å²) in [7, 11) is 0. The van der Waals surface area contributed by atoms with Crippen LogP contribution in [0.1, 0.15) is 56.7 Å². The first kappa shape index (κ1) is 19.9. The van der Waals surface area contributed by atoms with Crippen LogP contribution in [0.2, 0.25) is 0 Å². The predicted octanol–water partition coefficient (Wildman–Crippen LogP) is 3.36. The molecule has 2 heterocycles. The van der Waals surface area contributed by atoms with Crippen LogP contribution in [-0.4, -0.2) is 40.4 Å². The van der Waals surface area contributed by atoms with Crippen LogP contribution in [0.4, 0.5) is 0 Å². The Morgan fingerprint density at radius 1 is 1.26 bits per heavy atom. The van der Waals surface area contributed by atoms with E-state index >= 15 is 0 Å². The Labute approximate surface area is 166 Å². The molecule has 0 bridgehead atoms. The molecule has 0 atom stereocenters. The maximum atomic E-state index is 4.99. The van der Waals surface area contributed by atoms with Crippen LogP contribution in [0.25, 0.3) is 0 Å². The molecule has 27 heavy (non-hydrogen) atoms. The fraction of sp³-hybridized carbons (Fsp3) is 0.650. The zero-order valence-electron chi connectivity index (χ0n) is 16.6. The Hall–Kier alpha value is -1.89. The molecule has 2 aromatic heterocycles. The number of thiophene rings is 1. The molecule has 6 nitrogen and oxygen atoms in total. The summed E-state index contributed by atoms with van der Waals surface area (Å²) in [5, 5.41) is 17.2. The molecule has 2 aromatic rings. The van der Waals surface area contributed by atoms with E-state index in [1.54, 1.807) is 6.33 Å². The van der Waals surface area contributed by atoms with Crippen molar-refractivity contribution in [2.75, 3.05) is 19.6 Å². The molecule has 0 unspecified atom stereocenters. The number of hydrogen-bond acceptors (Lipinski definition) is 4. The molecule has 0 spiro atoms. The minimum Gasteiger partial charge on any atom is -0.357 e. The van der Waals surface area contributed by atoms with E-state index in [9.17, 15) is 0 Å². The molecule has 7 heteroatoms. The van der Waals surface area contributed by atoms with E-state index in [1.165, 1.54) is 37.0 Å². The molecule has 0 aromatic carbocycles. The van der Waals surface area contributed by atoms with Crippen molar-refractivity contribution in [1.29, 1.82) is 0 Å². The summed E-state index contributed by atoms with van der Waals surface area (Å²) in [6, 6.07) is 4.47. The van der Waals surface area contributed by atoms with Crippen molar-refractivity contribution in [3.05, 3.63) is 34.5 Å². The van der Waals surface area contributed by atoms with Gasteiger partial charge in [-0.05, 0) is 31.2 Å². The molecule has 0 radical (unpaired) electrons. The van der Waals surface area contributed by atoms with E-state index in [1.807, 2.05) is 11.3 Å². The SMILES string of the molecule is CCNC(=NCC1(c2cccs2)CCCCC1)NCCn1cnnc1CC. The van der Waals surface area contributed by atoms with Crippen molar-refractivity contribution >= 4 is 17.3 Å². The third-order valence-electron chi connectivity index (χ3n) is 5.40. The van der Waals surface area contributed by atoms with Crippen LogP contribution in [0.15, 0.2) is 28.8 Å². The monoisotopic (exact) mass is 388 g/mol. The average molecular weight is 389 g/mol. The number of hydrogen-bond donors (Lipinski definition) is 2. The second-order valence-corrected chi connectivity index (χ2v) is 8.18. The molecule has 1 fully saturated rings. The largest absolute Gasteiger partial charge is 0.357 e. The van der Waals surface area contributed by atoms with Crippen molar-refractivity contribution in [2.45, 2.75) is 64.3 Å². The number of guanidine groups is 1. The Kier molecular flexibility index (Phi) is 7.26. The van der Waals surface area contributed by atoms with E-state index in [4.69, 9.17) is 4.99 Å². The highest BCUT2D eigenvalue weighted by Gasteiger charge is 2.34. The first-order valence-electron chi connectivity index (χ1n) is 10.2. The lowest BCUT2D eigenvalue weighted by molar-refractivity contribution is 0.306. The van der Waals surface area contributed by atoms with Gasteiger partial charge in [-0.3, -0.25) is 4.99 Å². The molecule has 2 N–H and O–H groups in total. The summed E-state index contributed by atoms with van der Waals surface area (Å²) in [4.78, 5) is 6.49. The number of nitrogens with zero attached hydrogens (tertiary/aromatic N) is 4. The highest BCUT2D eigenvalue weighted by Crippen LogP contribution is 2.41. The van der Waals surface area contributed by atoms with Gasteiger partial charge in [0.2, 0.25) is 0 Å². The highest BCUT2D eigenvalue weighted by atomic mass is 32.1. The normalized spacial score (nSPS) is 17.0. The van der Waals surface area contributed by atoms with E-state index in [2.05, 4.69) is 56.8 Å². The molecule has 0 aliphatic heterocycles. The topological polar surface area (TPSA) is 67.1 Å². The van der Waals surface area contributed by atoms with Crippen molar-refractivity contribution < 1.29 is 0 Å². The molecule has 3 rings (SSSR count). The second-order valence-electron chi connectivity index (χ2n) is 7.23. The molecular weight excluding hydrogens is 356 g/mol. The van der Waals surface area contributed by atoms with Gasteiger partial charge in [0.05, 0.1) is 6.54 Å². The Balaban J connectivity index is 1.63. The van der Waals surface area contributed by atoms with Crippen molar-refractivity contribution in [3.63, 3.8) is 0 Å². The lowest BCUT2D eigenvalue weighted by Crippen LogP contribution is -2.41. The van der Waals surface area contributed by atoms with Gasteiger partial charge in [0.1, 0.15) is 12.2 Å². The van der Waals surface area contributed by atoms with Crippen molar-refractivity contribution in [3.8, 4) is 0 Å². The quantitative estimate of drug-likeness (QED) is 0.537. The smallest absolute Gasteiger partial charge is 0.191 e. The van der Waals surface area contributed by atoms with Gasteiger partial charge >= 0.3 is 0 Å². The lowest BCUT2D eigenvalue weighted by atomic mass is 9.73. The van der Waals surface area contributed by atoms with Crippen molar-refractivity contribution in [1.82, 2.24) is 25.4 Å². The number of nitrogens with one attached hydrogen (secondary N) is 2. The molecule has 0 saturated heterocycles. The molecule has 1 saturated carbocycles. The fourth-order valence-electron chi connectivity index (χ4n) is 3.90. The minimum atomic E-state index is 0.221. The van der Waals surface area contributed by atoms with Gasteiger partial charge in [-0.25, -0.2) is 0 Å². The summed E-state index contributed by atoms with van der Waals surface area (Å²) < 4.78 is 2.10. The average Bonchev–Trinajstić information content (AvgIpc) is 3.39. The van der Waals surface area contributed by atoms with E-state index < -0.39 is 0 Å². The maximum absolute atomic E-state index is 4.99. The molecular formula is C20H32N6S. The summed E-state index contributed by atoms with van der Waals surface area (Å²) >= 11 is 1.89. The van der Waals surface area contributed by atoms with Gasteiger partial charge in [0.15, 0.2) is 5.96 Å². The standard InChI is InChI=1S/C20H32N6S/c1-3-18-25-24-16-26(18)13-12-22-19(21-4-2)23-15-20(10-6-5-7-11-20)17-9-8-14-27-17/h8-9,14,16H,3-7,10-13,15H2,1-2H3,(H2,21,22,23). The van der Waals surface area contributed by atoms with Gasteiger partial charge in [-0.1, -0.05) is 32.3 Å². The summed E-state index contributed by atoms with van der Waals surface area (Å²) in [6.45, 7) is 7.59. The number of aliphatic imine (C=N–C) groups is 1. The molecule has 148 valence electrons. The van der Waals surface area contributed by atoms with E-state index in [-0.39, 0.29) is 5.41 Å². The van der Waals surface area contributed by atoms with Crippen LogP contribution in [0.5, 0.6) is 0 Å². The zero-order valence-corrected chi connectivity index (χ0v) is 17.4. The van der Waals surface area contributed by atoms with Crippen LogP contribution < -0.4 is 10.6 Å². The predicted molar refractivity (Wildman–Crippen MR) is 112 cm³/mol. The first-order valence-corrected chi connectivity index (χ1v) is 11.1. The van der Waals surface area contributed by atoms with E-state index in [0.717, 1.165) is 44.4 Å². The third-order valence-corrected chi connectivity index (χ3v) is 6.51. The second kappa shape index (κ2) is 9.88. The molecule has 1 aliphatic rings. The van der Waals surface area contributed by atoms with Crippen LogP contribution in [-0.2, 0) is 18.4 Å². The van der Waals surface area contributed by atoms with Gasteiger partial charge in [0.25, 0.3) is 0 Å². The van der Waals surface area contributed by atoms with Crippen molar-refractivity contribution in [2.24, 2.45) is 4.99 Å². The number of aryl methyl sites for hydroxylation is 1. The number of rotatable bonds is 8. The van der Waals surface area contributed by atoms with Gasteiger partial charge in [-0.2, -0.15) is 0 Å². The maximum Gasteiger partial charge on any atom is 0.191 e. The minimum absolute atomic E-state index is 0.221. The lowest BCUT2D eigenvalue weighted by Gasteiger charge is -2.35. The molecule has 1 aliphatic carbocycles. The summed E-state index contributed by atoms with van der Waals surface area (Å²) in [5.41, 5.74) is 0.221. The van der Waals surface area contributed by atoms with E-state index in [0.29, 0.717) is 0 Å². The molecule has 0 amide bonds.